The fourth-order valence-corrected chi connectivity index (χ4v) is 0.302. The molecule has 0 saturated heterocycles. The van der Waals surface area contributed by atoms with Crippen molar-refractivity contribution in [2.24, 2.45) is 0 Å². The lowest BCUT2D eigenvalue weighted by molar-refractivity contribution is -0.458. The summed E-state index contributed by atoms with van der Waals surface area (Å²) in [7, 11) is 0. The maximum atomic E-state index is 10.4. The average molecular weight is 272 g/mol. The Morgan fingerprint density at radius 3 is 1.38 bits per heavy atom. The fraction of sp³-hybridized carbons (Fsp3) is 0.500. The van der Waals surface area contributed by atoms with Crippen molar-refractivity contribution in [3.8, 4) is 0 Å². The molecule has 0 saturated carbocycles. The molecule has 0 bridgehead atoms. The minimum absolute atomic E-state index is 1.14. The third kappa shape index (κ3) is 6.17. The van der Waals surface area contributed by atoms with Crippen LogP contribution in [-0.2, 0) is 24.4 Å². The largest absolute Gasteiger partial charge is 0.379 e. The maximum Gasteiger partial charge on any atom is 0.379 e. The van der Waals surface area contributed by atoms with Crippen molar-refractivity contribution in [3.05, 3.63) is 0 Å². The fourth-order valence-electron chi connectivity index (χ4n) is 0.157. The third-order valence-corrected chi connectivity index (χ3v) is 1.30. The molecule has 0 atom stereocenters. The first-order valence-corrected chi connectivity index (χ1v) is 4.35. The summed E-state index contributed by atoms with van der Waals surface area (Å²) < 4.78 is 0. The Balaban J connectivity index is 3.57. The second kappa shape index (κ2) is 6.50. The number of hydrogen-bond acceptors (Lipinski definition) is 5. The van der Waals surface area contributed by atoms with Crippen LogP contribution < -0.4 is 0 Å². The van der Waals surface area contributed by atoms with E-state index in [0.717, 1.165) is 0 Å². The highest BCUT2D eigenvalue weighted by Gasteiger charge is 2.18. The van der Waals surface area contributed by atoms with Crippen LogP contribution in [-0.4, -0.2) is 21.6 Å². The molecule has 0 N–H and O–H groups in total. The van der Waals surface area contributed by atoms with Crippen molar-refractivity contribution in [2.45, 2.75) is 9.67 Å². The highest BCUT2D eigenvalue weighted by molar-refractivity contribution is 6.53. The van der Waals surface area contributed by atoms with Crippen LogP contribution in [0.2, 0.25) is 0 Å². The Bertz CT molecular complexity index is 173. The highest BCUT2D eigenvalue weighted by atomic mass is 35.5. The molecule has 5 nitrogen and oxygen atoms in total. The number of carbonyl (C=O) groups is 2. The van der Waals surface area contributed by atoms with Gasteiger partial charge in [-0.05, 0) is 0 Å². The predicted molar refractivity (Wildman–Crippen MR) is 44.3 cm³/mol. The van der Waals surface area contributed by atoms with E-state index in [4.69, 9.17) is 46.4 Å². The van der Waals surface area contributed by atoms with Crippen LogP contribution in [0.25, 0.3) is 0 Å². The molecule has 76 valence electrons. The molecule has 0 amide bonds. The number of carbonyl (C=O) groups excluding carboxylic acids is 2. The summed E-state index contributed by atoms with van der Waals surface area (Å²) in [6.07, 6.45) is 0. The number of hydrogen-bond donors (Lipinski definition) is 0. The number of alkyl halides is 4. The van der Waals surface area contributed by atoms with Crippen molar-refractivity contribution in [3.63, 3.8) is 0 Å². The maximum absolute atomic E-state index is 10.4. The molecule has 9 heteroatoms. The zero-order valence-electron chi connectivity index (χ0n) is 5.71. The molecule has 0 spiro atoms. The molecular formula is C4H2Cl4O5. The van der Waals surface area contributed by atoms with Gasteiger partial charge in [-0.25, -0.2) is 9.59 Å². The van der Waals surface area contributed by atoms with Gasteiger partial charge in [-0.1, -0.05) is 46.4 Å². The molecule has 0 aromatic heterocycles. The zero-order valence-corrected chi connectivity index (χ0v) is 8.73. The van der Waals surface area contributed by atoms with Gasteiger partial charge in [-0.2, -0.15) is 0 Å². The molecule has 0 aromatic rings. The lowest BCUT2D eigenvalue weighted by Crippen LogP contribution is -2.17. The molecule has 0 aliphatic heterocycles. The Kier molecular flexibility index (Phi) is 6.53. The lowest BCUT2D eigenvalue weighted by Gasteiger charge is -2.01. The van der Waals surface area contributed by atoms with E-state index in [-0.39, 0.29) is 0 Å². The van der Waals surface area contributed by atoms with Crippen molar-refractivity contribution in [2.75, 3.05) is 0 Å². The van der Waals surface area contributed by atoms with E-state index < -0.39 is 21.6 Å². The molecule has 0 fully saturated rings. The van der Waals surface area contributed by atoms with Crippen molar-refractivity contribution >= 4 is 58.3 Å². The lowest BCUT2D eigenvalue weighted by atomic mass is 10.8. The van der Waals surface area contributed by atoms with Crippen LogP contribution in [0.4, 0.5) is 0 Å². The molecule has 0 aliphatic carbocycles. The van der Waals surface area contributed by atoms with Gasteiger partial charge in [-0.3, -0.25) is 9.78 Å². The summed E-state index contributed by atoms with van der Waals surface area (Å²) in [6, 6.07) is 0. The molecule has 0 unspecified atom stereocenters. The summed E-state index contributed by atoms with van der Waals surface area (Å²) in [5.74, 6) is -2.28. The topological polar surface area (TPSA) is 61.8 Å². The smallest absolute Gasteiger partial charge is 0.256 e. The van der Waals surface area contributed by atoms with Crippen LogP contribution in [0, 0.1) is 0 Å². The van der Waals surface area contributed by atoms with Crippen molar-refractivity contribution < 1.29 is 24.4 Å². The van der Waals surface area contributed by atoms with E-state index in [2.05, 4.69) is 14.8 Å². The van der Waals surface area contributed by atoms with Gasteiger partial charge in [0.15, 0.2) is 0 Å². The minimum Gasteiger partial charge on any atom is -0.256 e. The Hall–Kier alpha value is 0.0600. The highest BCUT2D eigenvalue weighted by Crippen LogP contribution is 2.06. The number of halogens is 4. The predicted octanol–water partition coefficient (Wildman–Crippen LogP) is 1.53. The summed E-state index contributed by atoms with van der Waals surface area (Å²) in [4.78, 5) is 25.5. The first-order valence-electron chi connectivity index (χ1n) is 2.60. The van der Waals surface area contributed by atoms with Gasteiger partial charge < -0.3 is 0 Å². The van der Waals surface area contributed by atoms with Crippen LogP contribution >= 0.6 is 46.4 Å². The van der Waals surface area contributed by atoms with Crippen LogP contribution in [0.1, 0.15) is 0 Å². The Morgan fingerprint density at radius 1 is 0.846 bits per heavy atom. The second-order valence-electron chi connectivity index (χ2n) is 1.47. The van der Waals surface area contributed by atoms with Crippen molar-refractivity contribution in [1.29, 1.82) is 0 Å². The van der Waals surface area contributed by atoms with E-state index in [1.54, 1.807) is 0 Å². The first-order chi connectivity index (χ1) is 5.95. The minimum atomic E-state index is -1.44. The monoisotopic (exact) mass is 270 g/mol. The van der Waals surface area contributed by atoms with Crippen LogP contribution in [0.5, 0.6) is 0 Å². The SMILES string of the molecule is O=C(OOOC(=O)C(Cl)Cl)C(Cl)Cl. The Labute approximate surface area is 92.6 Å². The van der Waals surface area contributed by atoms with Gasteiger partial charge in [0.2, 0.25) is 9.67 Å². The molecule has 0 aliphatic rings. The van der Waals surface area contributed by atoms with Crippen molar-refractivity contribution in [1.82, 2.24) is 0 Å². The molecule has 0 rings (SSSR count). The van der Waals surface area contributed by atoms with Crippen LogP contribution in [0.15, 0.2) is 0 Å². The standard InChI is InChI=1S/C4H2Cl4O5/c5-1(6)3(9)11-13-12-4(10)2(7)8/h1-2H. The second-order valence-corrected chi connectivity index (χ2v) is 3.67. The van der Waals surface area contributed by atoms with Gasteiger partial charge in [0, 0.05) is 5.04 Å². The quantitative estimate of drug-likeness (QED) is 0.441. The summed E-state index contributed by atoms with van der Waals surface area (Å²) >= 11 is 20.1. The van der Waals surface area contributed by atoms with E-state index in [1.807, 2.05) is 0 Å². The zero-order chi connectivity index (χ0) is 10.4. The van der Waals surface area contributed by atoms with E-state index in [0.29, 0.717) is 0 Å². The van der Waals surface area contributed by atoms with Gasteiger partial charge in [0.05, 0.1) is 0 Å². The van der Waals surface area contributed by atoms with Gasteiger partial charge >= 0.3 is 11.9 Å². The third-order valence-electron chi connectivity index (χ3n) is 0.589. The van der Waals surface area contributed by atoms with Crippen LogP contribution in [0.3, 0.4) is 0 Å². The molecule has 0 radical (unpaired) electrons. The summed E-state index contributed by atoms with van der Waals surface area (Å²) in [5, 5.41) is 3.64. The van der Waals surface area contributed by atoms with Gasteiger partial charge in [0.1, 0.15) is 0 Å². The Morgan fingerprint density at radius 2 is 1.15 bits per heavy atom. The van der Waals surface area contributed by atoms with E-state index in [1.165, 1.54) is 0 Å². The van der Waals surface area contributed by atoms with Gasteiger partial charge in [-0.15, -0.1) is 0 Å². The first kappa shape index (κ1) is 13.1. The molecular weight excluding hydrogens is 270 g/mol. The normalized spacial score (nSPS) is 10.3. The average Bonchev–Trinajstić information content (AvgIpc) is 2.03. The van der Waals surface area contributed by atoms with E-state index in [9.17, 15) is 9.59 Å². The molecule has 0 aromatic carbocycles. The summed E-state index contributed by atoms with van der Waals surface area (Å²) in [5.41, 5.74) is 0. The molecule has 0 heterocycles. The van der Waals surface area contributed by atoms with E-state index >= 15 is 0 Å². The summed E-state index contributed by atoms with van der Waals surface area (Å²) in [6.45, 7) is 0. The number of rotatable bonds is 4. The van der Waals surface area contributed by atoms with Gasteiger partial charge in [0.25, 0.3) is 0 Å². The molecule has 13 heavy (non-hydrogen) atoms.